The van der Waals surface area contributed by atoms with Crippen molar-refractivity contribution in [2.45, 2.75) is 63.9 Å². The molecule has 0 unspecified atom stereocenters. The standard InChI is InChI=1S/C15H25N3O/c1-11(2)12-10-13(16)18-14(17-12)15(19-3)8-6-4-5-7-9-15/h10-11H,4-9H2,1-3H3,(H2,16,17,18). The Morgan fingerprint density at radius 3 is 2.32 bits per heavy atom. The van der Waals surface area contributed by atoms with Gasteiger partial charge in [-0.15, -0.1) is 0 Å². The predicted octanol–water partition coefficient (Wildman–Crippen LogP) is 3.38. The second kappa shape index (κ2) is 5.87. The largest absolute Gasteiger partial charge is 0.384 e. The second-order valence-electron chi connectivity index (χ2n) is 5.81. The summed E-state index contributed by atoms with van der Waals surface area (Å²) >= 11 is 0. The van der Waals surface area contributed by atoms with Crippen LogP contribution >= 0.6 is 0 Å². The number of ether oxygens (including phenoxy) is 1. The van der Waals surface area contributed by atoms with Crippen LogP contribution in [-0.2, 0) is 10.3 Å². The number of hydrogen-bond acceptors (Lipinski definition) is 4. The topological polar surface area (TPSA) is 61.0 Å². The summed E-state index contributed by atoms with van der Waals surface area (Å²) in [4.78, 5) is 9.19. The quantitative estimate of drug-likeness (QED) is 0.849. The van der Waals surface area contributed by atoms with Gasteiger partial charge in [0, 0.05) is 18.9 Å². The first-order valence-corrected chi connectivity index (χ1v) is 7.27. The van der Waals surface area contributed by atoms with Gasteiger partial charge in [0.05, 0.1) is 0 Å². The molecule has 2 N–H and O–H groups in total. The minimum Gasteiger partial charge on any atom is -0.384 e. The fourth-order valence-corrected chi connectivity index (χ4v) is 2.80. The average Bonchev–Trinajstić information content (AvgIpc) is 2.64. The van der Waals surface area contributed by atoms with E-state index in [1.807, 2.05) is 6.07 Å². The lowest BCUT2D eigenvalue weighted by molar-refractivity contribution is -0.0352. The lowest BCUT2D eigenvalue weighted by Crippen LogP contribution is -2.31. The molecule has 0 saturated heterocycles. The Hall–Kier alpha value is -1.16. The van der Waals surface area contributed by atoms with E-state index in [2.05, 4.69) is 18.8 Å². The van der Waals surface area contributed by atoms with E-state index in [1.165, 1.54) is 25.7 Å². The molecule has 0 bridgehead atoms. The Labute approximate surface area is 115 Å². The average molecular weight is 263 g/mol. The smallest absolute Gasteiger partial charge is 0.162 e. The minimum absolute atomic E-state index is 0.338. The van der Waals surface area contributed by atoms with Crippen LogP contribution in [0.5, 0.6) is 0 Å². The van der Waals surface area contributed by atoms with Gasteiger partial charge < -0.3 is 10.5 Å². The van der Waals surface area contributed by atoms with Crippen LogP contribution in [0.1, 0.15) is 69.8 Å². The van der Waals surface area contributed by atoms with Crippen molar-refractivity contribution in [2.75, 3.05) is 12.8 Å². The van der Waals surface area contributed by atoms with Gasteiger partial charge in [-0.2, -0.15) is 0 Å². The van der Waals surface area contributed by atoms with Crippen molar-refractivity contribution < 1.29 is 4.74 Å². The third-order valence-corrected chi connectivity index (χ3v) is 4.07. The molecule has 1 heterocycles. The van der Waals surface area contributed by atoms with Gasteiger partial charge in [-0.25, -0.2) is 9.97 Å². The van der Waals surface area contributed by atoms with E-state index in [9.17, 15) is 0 Å². The summed E-state index contributed by atoms with van der Waals surface area (Å²) in [5.74, 6) is 1.68. The minimum atomic E-state index is -0.338. The van der Waals surface area contributed by atoms with Gasteiger partial charge in [0.1, 0.15) is 11.4 Å². The summed E-state index contributed by atoms with van der Waals surface area (Å²) in [7, 11) is 1.77. The maximum Gasteiger partial charge on any atom is 0.162 e. The van der Waals surface area contributed by atoms with Crippen molar-refractivity contribution in [2.24, 2.45) is 0 Å². The monoisotopic (exact) mass is 263 g/mol. The summed E-state index contributed by atoms with van der Waals surface area (Å²) in [6, 6.07) is 1.87. The van der Waals surface area contributed by atoms with E-state index in [1.54, 1.807) is 7.11 Å². The predicted molar refractivity (Wildman–Crippen MR) is 76.9 cm³/mol. The third kappa shape index (κ3) is 3.06. The highest BCUT2D eigenvalue weighted by Crippen LogP contribution is 2.37. The molecule has 1 aromatic heterocycles. The van der Waals surface area contributed by atoms with Crippen molar-refractivity contribution in [1.82, 2.24) is 9.97 Å². The van der Waals surface area contributed by atoms with Crippen LogP contribution in [0.4, 0.5) is 5.82 Å². The van der Waals surface area contributed by atoms with E-state index in [0.717, 1.165) is 24.4 Å². The number of methoxy groups -OCH3 is 1. The third-order valence-electron chi connectivity index (χ3n) is 4.07. The van der Waals surface area contributed by atoms with Crippen molar-refractivity contribution in [3.8, 4) is 0 Å². The van der Waals surface area contributed by atoms with Crippen molar-refractivity contribution >= 4 is 5.82 Å². The van der Waals surface area contributed by atoms with Crippen LogP contribution < -0.4 is 5.73 Å². The Kier molecular flexibility index (Phi) is 4.40. The number of nitrogen functional groups attached to an aromatic ring is 1. The Balaban J connectivity index is 2.41. The molecule has 2 rings (SSSR count). The zero-order valence-corrected chi connectivity index (χ0v) is 12.3. The fourth-order valence-electron chi connectivity index (χ4n) is 2.80. The van der Waals surface area contributed by atoms with Crippen LogP contribution in [0.3, 0.4) is 0 Å². The first-order valence-electron chi connectivity index (χ1n) is 7.27. The molecule has 1 aromatic rings. The highest BCUT2D eigenvalue weighted by atomic mass is 16.5. The van der Waals surface area contributed by atoms with Crippen LogP contribution in [0.2, 0.25) is 0 Å². The highest BCUT2D eigenvalue weighted by Gasteiger charge is 2.36. The molecule has 4 heteroatoms. The first-order chi connectivity index (χ1) is 9.07. The Bertz CT molecular complexity index is 423. The number of anilines is 1. The Morgan fingerprint density at radius 2 is 1.79 bits per heavy atom. The van der Waals surface area contributed by atoms with Gasteiger partial charge in [0.2, 0.25) is 0 Å². The molecule has 106 valence electrons. The normalized spacial score (nSPS) is 19.4. The van der Waals surface area contributed by atoms with Gasteiger partial charge in [0.15, 0.2) is 5.82 Å². The van der Waals surface area contributed by atoms with E-state index >= 15 is 0 Å². The van der Waals surface area contributed by atoms with Gasteiger partial charge in [0.25, 0.3) is 0 Å². The molecule has 0 aromatic carbocycles. The highest BCUT2D eigenvalue weighted by molar-refractivity contribution is 5.32. The molecule has 0 aliphatic heterocycles. The molecule has 0 amide bonds. The summed E-state index contributed by atoms with van der Waals surface area (Å²) in [5.41, 5.74) is 6.62. The molecule has 19 heavy (non-hydrogen) atoms. The van der Waals surface area contributed by atoms with Crippen molar-refractivity contribution in [1.29, 1.82) is 0 Å². The zero-order chi connectivity index (χ0) is 13.9. The molecule has 4 nitrogen and oxygen atoms in total. The first kappa shape index (κ1) is 14.3. The number of aromatic nitrogens is 2. The van der Waals surface area contributed by atoms with Crippen molar-refractivity contribution in [3.05, 3.63) is 17.6 Å². The van der Waals surface area contributed by atoms with Gasteiger partial charge in [-0.3, -0.25) is 0 Å². The van der Waals surface area contributed by atoms with E-state index in [4.69, 9.17) is 15.5 Å². The molecule has 1 saturated carbocycles. The number of nitrogens with zero attached hydrogens (tertiary/aromatic N) is 2. The molecular weight excluding hydrogens is 238 g/mol. The van der Waals surface area contributed by atoms with Gasteiger partial charge >= 0.3 is 0 Å². The summed E-state index contributed by atoms with van der Waals surface area (Å²) in [5, 5.41) is 0. The summed E-state index contributed by atoms with van der Waals surface area (Å²) in [6.45, 7) is 4.25. The molecule has 0 spiro atoms. The van der Waals surface area contributed by atoms with E-state index in [0.29, 0.717) is 11.7 Å². The second-order valence-corrected chi connectivity index (χ2v) is 5.81. The zero-order valence-electron chi connectivity index (χ0n) is 12.3. The maximum absolute atomic E-state index is 5.95. The summed E-state index contributed by atoms with van der Waals surface area (Å²) in [6.07, 6.45) is 6.86. The number of nitrogens with two attached hydrogens (primary N) is 1. The van der Waals surface area contributed by atoms with Gasteiger partial charge in [-0.05, 0) is 18.8 Å². The molecule has 1 aliphatic rings. The van der Waals surface area contributed by atoms with Gasteiger partial charge in [-0.1, -0.05) is 39.5 Å². The lowest BCUT2D eigenvalue weighted by atomic mass is 9.92. The maximum atomic E-state index is 5.95. The summed E-state index contributed by atoms with van der Waals surface area (Å²) < 4.78 is 5.85. The van der Waals surface area contributed by atoms with Crippen LogP contribution in [0.25, 0.3) is 0 Å². The fraction of sp³-hybridized carbons (Fsp3) is 0.733. The number of hydrogen-bond donors (Lipinski definition) is 1. The van der Waals surface area contributed by atoms with Crippen LogP contribution in [0.15, 0.2) is 6.07 Å². The number of rotatable bonds is 3. The van der Waals surface area contributed by atoms with Crippen LogP contribution in [-0.4, -0.2) is 17.1 Å². The van der Waals surface area contributed by atoms with Crippen molar-refractivity contribution in [3.63, 3.8) is 0 Å². The molecule has 0 atom stereocenters. The SMILES string of the molecule is COC1(c2nc(N)cc(C(C)C)n2)CCCCCC1. The van der Waals surface area contributed by atoms with E-state index < -0.39 is 0 Å². The lowest BCUT2D eigenvalue weighted by Gasteiger charge is -2.30. The molecule has 1 fully saturated rings. The van der Waals surface area contributed by atoms with E-state index in [-0.39, 0.29) is 5.60 Å². The molecule has 0 radical (unpaired) electrons. The molecular formula is C15H25N3O. The molecule has 1 aliphatic carbocycles. The Morgan fingerprint density at radius 1 is 1.16 bits per heavy atom. The van der Waals surface area contributed by atoms with Crippen LogP contribution in [0, 0.1) is 0 Å².